The molecule has 2 N–H and O–H groups in total. The molecule has 1 saturated heterocycles. The van der Waals surface area contributed by atoms with Crippen molar-refractivity contribution in [3.05, 3.63) is 71.0 Å². The van der Waals surface area contributed by atoms with E-state index in [0.29, 0.717) is 54.0 Å². The lowest BCUT2D eigenvalue weighted by Gasteiger charge is -2.38. The van der Waals surface area contributed by atoms with Crippen LogP contribution in [0.25, 0.3) is 16.7 Å². The predicted octanol–water partition coefficient (Wildman–Crippen LogP) is 2.36. The van der Waals surface area contributed by atoms with Gasteiger partial charge in [-0.1, -0.05) is 6.07 Å². The molecule has 0 spiro atoms. The number of aromatic nitrogens is 5. The van der Waals surface area contributed by atoms with Crippen LogP contribution in [0.1, 0.15) is 31.2 Å². The normalized spacial score (nSPS) is 16.8. The van der Waals surface area contributed by atoms with Gasteiger partial charge in [0, 0.05) is 30.9 Å². The average Bonchev–Trinajstić information content (AvgIpc) is 3.69. The molecule has 2 fully saturated rings. The summed E-state index contributed by atoms with van der Waals surface area (Å²) in [6.45, 7) is 1.11. The summed E-state index contributed by atoms with van der Waals surface area (Å²) in [5, 5.41) is 28.1. The second-order valence-electron chi connectivity index (χ2n) is 10.0. The number of carbonyl (C=O) groups is 1. The highest BCUT2D eigenvalue weighted by molar-refractivity contribution is 5.81. The number of hydrogen-bond donors (Lipinski definition) is 2. The van der Waals surface area contributed by atoms with Gasteiger partial charge in [0.15, 0.2) is 5.65 Å². The molecular formula is C27H26N8O3. The minimum Gasteiger partial charge on any atom is -0.388 e. The molecule has 0 bridgehead atoms. The van der Waals surface area contributed by atoms with Crippen molar-refractivity contribution in [1.29, 1.82) is 5.26 Å². The Morgan fingerprint density at radius 1 is 1.16 bits per heavy atom. The first-order valence-electron chi connectivity index (χ1n) is 12.6. The maximum Gasteiger partial charge on any atom is 0.264 e. The van der Waals surface area contributed by atoms with E-state index >= 15 is 0 Å². The summed E-state index contributed by atoms with van der Waals surface area (Å²) in [5.41, 5.74) is 0.999. The van der Waals surface area contributed by atoms with Crippen LogP contribution >= 0.6 is 0 Å². The van der Waals surface area contributed by atoms with Crippen LogP contribution in [-0.2, 0) is 11.3 Å². The highest BCUT2D eigenvalue weighted by atomic mass is 16.3. The highest BCUT2D eigenvalue weighted by Gasteiger charge is 2.39. The van der Waals surface area contributed by atoms with Crippen LogP contribution in [0.15, 0.2) is 59.9 Å². The zero-order valence-electron chi connectivity index (χ0n) is 20.6. The lowest BCUT2D eigenvalue weighted by molar-refractivity contribution is -0.137. The molecule has 1 amide bonds. The van der Waals surface area contributed by atoms with E-state index in [4.69, 9.17) is 5.26 Å². The number of aliphatic hydroxyl groups is 1. The van der Waals surface area contributed by atoms with Gasteiger partial charge in [0.1, 0.15) is 23.6 Å². The first-order valence-corrected chi connectivity index (χ1v) is 12.6. The molecule has 1 aliphatic heterocycles. The minimum atomic E-state index is -1.07. The van der Waals surface area contributed by atoms with Crippen molar-refractivity contribution < 1.29 is 9.90 Å². The van der Waals surface area contributed by atoms with Gasteiger partial charge in [-0.15, -0.1) is 0 Å². The van der Waals surface area contributed by atoms with Crippen molar-refractivity contribution in [2.45, 2.75) is 37.8 Å². The molecule has 11 nitrogen and oxygen atoms in total. The van der Waals surface area contributed by atoms with Crippen LogP contribution in [0, 0.1) is 17.2 Å². The molecule has 1 aliphatic carbocycles. The van der Waals surface area contributed by atoms with E-state index in [1.165, 1.54) is 23.3 Å². The van der Waals surface area contributed by atoms with Gasteiger partial charge in [0.05, 0.1) is 29.6 Å². The van der Waals surface area contributed by atoms with Gasteiger partial charge in [0.2, 0.25) is 5.91 Å². The predicted molar refractivity (Wildman–Crippen MR) is 139 cm³/mol. The number of nitrogens with zero attached hydrogens (tertiary/aromatic N) is 7. The third-order valence-electron chi connectivity index (χ3n) is 7.21. The molecule has 1 saturated carbocycles. The summed E-state index contributed by atoms with van der Waals surface area (Å²) in [6.07, 6.45) is 7.20. The number of fused-ring (bicyclic) bond motifs is 1. The Labute approximate surface area is 218 Å². The zero-order chi connectivity index (χ0) is 26.3. The molecule has 38 heavy (non-hydrogen) atoms. The summed E-state index contributed by atoms with van der Waals surface area (Å²) < 4.78 is 3.02. The fraction of sp³-hybridized carbons (Fsp3) is 0.333. The van der Waals surface area contributed by atoms with Crippen LogP contribution < -0.4 is 10.9 Å². The molecule has 11 heteroatoms. The monoisotopic (exact) mass is 510 g/mol. The molecule has 1 aromatic carbocycles. The molecule has 6 rings (SSSR count). The Morgan fingerprint density at radius 2 is 1.97 bits per heavy atom. The van der Waals surface area contributed by atoms with E-state index in [-0.39, 0.29) is 23.9 Å². The van der Waals surface area contributed by atoms with Crippen molar-refractivity contribution in [2.75, 3.05) is 18.4 Å². The van der Waals surface area contributed by atoms with Gasteiger partial charge < -0.3 is 15.3 Å². The van der Waals surface area contributed by atoms with Crippen LogP contribution in [0.2, 0.25) is 0 Å². The largest absolute Gasteiger partial charge is 0.388 e. The van der Waals surface area contributed by atoms with Gasteiger partial charge in [-0.05, 0) is 56.0 Å². The number of carbonyl (C=O) groups excluding carboxylic acids is 1. The molecule has 4 aromatic rings. The number of benzene rings is 1. The molecule has 4 heterocycles. The van der Waals surface area contributed by atoms with Crippen LogP contribution in [0.3, 0.4) is 0 Å². The number of hydrogen-bond acceptors (Lipinski definition) is 8. The van der Waals surface area contributed by atoms with Gasteiger partial charge in [-0.25, -0.2) is 14.6 Å². The number of pyridine rings is 1. The van der Waals surface area contributed by atoms with Crippen molar-refractivity contribution in [3.8, 4) is 11.8 Å². The van der Waals surface area contributed by atoms with E-state index in [1.807, 2.05) is 35.2 Å². The SMILES string of the molecule is N#Cc1ccc(Nc2cccc(-n3ncc4c(=O)n(CC5(O)CCN(C(=O)C6CC6)CC5)cnc43)c2)nc1. The molecule has 0 atom stereocenters. The van der Waals surface area contributed by atoms with Crippen molar-refractivity contribution in [2.24, 2.45) is 5.92 Å². The van der Waals surface area contributed by atoms with Crippen molar-refractivity contribution in [1.82, 2.24) is 29.2 Å². The maximum absolute atomic E-state index is 13.3. The Hall–Kier alpha value is -4.56. The summed E-state index contributed by atoms with van der Waals surface area (Å²) in [6, 6.07) is 12.9. The Morgan fingerprint density at radius 3 is 2.68 bits per heavy atom. The topological polar surface area (TPSA) is 142 Å². The van der Waals surface area contributed by atoms with Crippen LogP contribution in [-0.4, -0.2) is 58.9 Å². The molecular weight excluding hydrogens is 484 g/mol. The number of amides is 1. The zero-order valence-corrected chi connectivity index (χ0v) is 20.6. The lowest BCUT2D eigenvalue weighted by Crippen LogP contribution is -2.50. The van der Waals surface area contributed by atoms with E-state index in [0.717, 1.165) is 18.5 Å². The van der Waals surface area contributed by atoms with Crippen molar-refractivity contribution >= 4 is 28.4 Å². The number of likely N-dealkylation sites (tertiary alicyclic amines) is 1. The van der Waals surface area contributed by atoms with Crippen molar-refractivity contribution in [3.63, 3.8) is 0 Å². The van der Waals surface area contributed by atoms with Gasteiger partial charge in [-0.3, -0.25) is 14.2 Å². The highest BCUT2D eigenvalue weighted by Crippen LogP contribution is 2.33. The smallest absolute Gasteiger partial charge is 0.264 e. The van der Waals surface area contributed by atoms with Gasteiger partial charge >= 0.3 is 0 Å². The summed E-state index contributed by atoms with van der Waals surface area (Å²) >= 11 is 0. The number of nitrogens with one attached hydrogen (secondary N) is 1. The van der Waals surface area contributed by atoms with E-state index in [9.17, 15) is 14.7 Å². The minimum absolute atomic E-state index is 0.114. The van der Waals surface area contributed by atoms with Crippen LogP contribution in [0.4, 0.5) is 11.5 Å². The number of rotatable bonds is 6. The Balaban J connectivity index is 1.20. The van der Waals surface area contributed by atoms with Gasteiger partial charge in [0.25, 0.3) is 5.56 Å². The third kappa shape index (κ3) is 4.62. The lowest BCUT2D eigenvalue weighted by atomic mass is 9.91. The quantitative estimate of drug-likeness (QED) is 0.403. The number of piperidine rings is 1. The van der Waals surface area contributed by atoms with E-state index in [2.05, 4.69) is 20.4 Å². The Bertz CT molecular complexity index is 1610. The summed E-state index contributed by atoms with van der Waals surface area (Å²) in [5.74, 6) is 0.941. The third-order valence-corrected chi connectivity index (χ3v) is 7.21. The molecule has 2 aliphatic rings. The molecule has 192 valence electrons. The Kier molecular flexibility index (Phi) is 5.88. The van der Waals surface area contributed by atoms with Crippen LogP contribution in [0.5, 0.6) is 0 Å². The standard InChI is InChI=1S/C27H26N8O3/c28-13-18-4-7-23(29-14-18)32-20-2-1-3-21(12-20)35-24-22(15-31-35)26(37)34(17-30-24)16-27(38)8-10-33(11-9-27)25(36)19-5-6-19/h1-4,7,12,14-15,17,19,38H,5-6,8-11,16H2,(H,29,32). The van der Waals surface area contributed by atoms with E-state index < -0.39 is 5.60 Å². The fourth-order valence-corrected chi connectivity index (χ4v) is 4.85. The molecule has 3 aromatic heterocycles. The summed E-state index contributed by atoms with van der Waals surface area (Å²) in [7, 11) is 0. The first-order chi connectivity index (χ1) is 18.4. The summed E-state index contributed by atoms with van der Waals surface area (Å²) in [4.78, 5) is 36.2. The molecule has 0 unspecified atom stereocenters. The van der Waals surface area contributed by atoms with Gasteiger partial charge in [-0.2, -0.15) is 10.4 Å². The number of nitriles is 1. The van der Waals surface area contributed by atoms with E-state index in [1.54, 1.807) is 16.8 Å². The average molecular weight is 511 g/mol. The maximum atomic E-state index is 13.3. The number of anilines is 2. The second-order valence-corrected chi connectivity index (χ2v) is 10.0. The first kappa shape index (κ1) is 23.8. The molecule has 0 radical (unpaired) electrons. The fourth-order valence-electron chi connectivity index (χ4n) is 4.85. The second kappa shape index (κ2) is 9.39.